The molecule has 2 unspecified atom stereocenters. The number of aromatic nitrogens is 6. The van der Waals surface area contributed by atoms with Crippen molar-refractivity contribution in [3.63, 3.8) is 0 Å². The molecule has 8 nitrogen and oxygen atoms in total. The second kappa shape index (κ2) is 8.98. The zero-order chi connectivity index (χ0) is 23.9. The number of aryl methyl sites for hydroxylation is 1. The number of furan rings is 1. The third kappa shape index (κ3) is 4.15. The van der Waals surface area contributed by atoms with E-state index in [9.17, 15) is 0 Å². The summed E-state index contributed by atoms with van der Waals surface area (Å²) in [6, 6.07) is 8.45. The van der Waals surface area contributed by atoms with Crippen molar-refractivity contribution >= 4 is 5.69 Å². The Morgan fingerprint density at radius 2 is 1.69 bits per heavy atom. The van der Waals surface area contributed by atoms with Gasteiger partial charge in [0.05, 0.1) is 29.7 Å². The first-order valence-electron chi connectivity index (χ1n) is 12.8. The Morgan fingerprint density at radius 3 is 2.37 bits per heavy atom. The van der Waals surface area contributed by atoms with Crippen LogP contribution in [0.1, 0.15) is 52.0 Å². The third-order valence-electron chi connectivity index (χ3n) is 7.66. The van der Waals surface area contributed by atoms with Gasteiger partial charge in [-0.25, -0.2) is 9.67 Å². The lowest BCUT2D eigenvalue weighted by atomic mass is 9.79. The SMILES string of the molecule is CC1CCCC(C)C1n1nc(-c2ccc(N3CCCC3)cn2)nc1-c1ccc(-c2cnn(C)c2)o1. The Bertz CT molecular complexity index is 1290. The fourth-order valence-corrected chi connectivity index (χ4v) is 5.80. The molecule has 0 radical (unpaired) electrons. The van der Waals surface area contributed by atoms with Gasteiger partial charge in [-0.3, -0.25) is 9.67 Å². The maximum Gasteiger partial charge on any atom is 0.200 e. The van der Waals surface area contributed by atoms with Crippen LogP contribution in [0.3, 0.4) is 0 Å². The summed E-state index contributed by atoms with van der Waals surface area (Å²) in [7, 11) is 1.91. The largest absolute Gasteiger partial charge is 0.453 e. The fourth-order valence-electron chi connectivity index (χ4n) is 5.80. The van der Waals surface area contributed by atoms with Crippen LogP contribution in [-0.4, -0.2) is 42.6 Å². The first kappa shape index (κ1) is 22.1. The minimum atomic E-state index is 0.274. The smallest absolute Gasteiger partial charge is 0.200 e. The van der Waals surface area contributed by atoms with Crippen LogP contribution in [-0.2, 0) is 7.05 Å². The van der Waals surface area contributed by atoms with Gasteiger partial charge in [-0.15, -0.1) is 5.10 Å². The lowest BCUT2D eigenvalue weighted by molar-refractivity contribution is 0.171. The number of rotatable bonds is 5. The average Bonchev–Trinajstić information content (AvgIpc) is 3.65. The molecule has 8 heteroatoms. The molecule has 1 aliphatic carbocycles. The molecule has 0 amide bonds. The molecule has 6 rings (SSSR count). The van der Waals surface area contributed by atoms with Crippen molar-refractivity contribution in [3.05, 3.63) is 42.9 Å². The van der Waals surface area contributed by atoms with Crippen LogP contribution in [0.2, 0.25) is 0 Å². The lowest BCUT2D eigenvalue weighted by Gasteiger charge is -2.35. The lowest BCUT2D eigenvalue weighted by Crippen LogP contribution is -2.29. The summed E-state index contributed by atoms with van der Waals surface area (Å²) >= 11 is 0. The molecule has 0 spiro atoms. The highest BCUT2D eigenvalue weighted by Crippen LogP contribution is 2.41. The fraction of sp³-hybridized carbons (Fsp3) is 0.481. The minimum absolute atomic E-state index is 0.274. The molecule has 0 aromatic carbocycles. The Kier molecular flexibility index (Phi) is 5.66. The molecule has 35 heavy (non-hydrogen) atoms. The van der Waals surface area contributed by atoms with Gasteiger partial charge in [0.25, 0.3) is 0 Å². The molecule has 4 aromatic rings. The zero-order valence-corrected chi connectivity index (χ0v) is 20.8. The van der Waals surface area contributed by atoms with E-state index in [1.165, 1.54) is 37.8 Å². The van der Waals surface area contributed by atoms with Crippen LogP contribution >= 0.6 is 0 Å². The Labute approximate surface area is 206 Å². The Hall–Kier alpha value is -3.42. The molecule has 0 N–H and O–H groups in total. The molecule has 2 aliphatic rings. The summed E-state index contributed by atoms with van der Waals surface area (Å²) in [5.74, 6) is 3.96. The van der Waals surface area contributed by atoms with E-state index in [1.54, 1.807) is 4.68 Å². The van der Waals surface area contributed by atoms with Crippen LogP contribution in [0.5, 0.6) is 0 Å². The molecule has 5 heterocycles. The molecular formula is C27H33N7O. The van der Waals surface area contributed by atoms with Gasteiger partial charge in [-0.05, 0) is 61.8 Å². The summed E-state index contributed by atoms with van der Waals surface area (Å²) in [5, 5.41) is 9.32. The van der Waals surface area contributed by atoms with Crippen molar-refractivity contribution in [3.8, 4) is 34.4 Å². The van der Waals surface area contributed by atoms with Gasteiger partial charge in [0.15, 0.2) is 17.4 Å². The van der Waals surface area contributed by atoms with E-state index in [4.69, 9.17) is 19.5 Å². The number of pyridine rings is 1. The maximum absolute atomic E-state index is 6.30. The maximum atomic E-state index is 6.30. The summed E-state index contributed by atoms with van der Waals surface area (Å²) in [5.41, 5.74) is 2.92. The minimum Gasteiger partial charge on any atom is -0.453 e. The number of hydrogen-bond donors (Lipinski definition) is 0. The van der Waals surface area contributed by atoms with E-state index in [0.717, 1.165) is 41.7 Å². The first-order chi connectivity index (χ1) is 17.1. The van der Waals surface area contributed by atoms with E-state index < -0.39 is 0 Å². The van der Waals surface area contributed by atoms with Crippen molar-refractivity contribution in [1.29, 1.82) is 0 Å². The quantitative estimate of drug-likeness (QED) is 0.377. The van der Waals surface area contributed by atoms with Crippen molar-refractivity contribution in [2.24, 2.45) is 18.9 Å². The van der Waals surface area contributed by atoms with Crippen molar-refractivity contribution in [2.45, 2.75) is 52.0 Å². The third-order valence-corrected chi connectivity index (χ3v) is 7.66. The number of hydrogen-bond acceptors (Lipinski definition) is 6. The monoisotopic (exact) mass is 471 g/mol. The Morgan fingerprint density at radius 1 is 0.914 bits per heavy atom. The van der Waals surface area contributed by atoms with Crippen LogP contribution in [0.25, 0.3) is 34.4 Å². The molecular weight excluding hydrogens is 438 g/mol. The highest BCUT2D eigenvalue weighted by atomic mass is 16.3. The normalized spacial score (nSPS) is 22.7. The summed E-state index contributed by atoms with van der Waals surface area (Å²) in [4.78, 5) is 12.1. The predicted molar refractivity (Wildman–Crippen MR) is 136 cm³/mol. The van der Waals surface area contributed by atoms with Crippen LogP contribution in [0.15, 0.2) is 47.3 Å². The second-order valence-electron chi connectivity index (χ2n) is 10.2. The van der Waals surface area contributed by atoms with Crippen LogP contribution < -0.4 is 4.90 Å². The van der Waals surface area contributed by atoms with E-state index in [1.807, 2.05) is 43.8 Å². The second-order valence-corrected chi connectivity index (χ2v) is 10.2. The molecule has 2 atom stereocenters. The van der Waals surface area contributed by atoms with Gasteiger partial charge in [0.2, 0.25) is 0 Å². The van der Waals surface area contributed by atoms with Gasteiger partial charge < -0.3 is 9.32 Å². The molecule has 182 valence electrons. The standard InChI is InChI=1S/C27H33N7O/c1-18-7-6-8-19(2)25(18)34-27(24-12-11-23(35-24)20-15-29-32(3)17-20)30-26(31-34)22-10-9-21(16-28-22)33-13-4-5-14-33/h9-12,15-19,25H,4-8,13-14H2,1-3H3. The highest BCUT2D eigenvalue weighted by Gasteiger charge is 2.33. The van der Waals surface area contributed by atoms with Crippen LogP contribution in [0, 0.1) is 11.8 Å². The van der Waals surface area contributed by atoms with E-state index >= 15 is 0 Å². The number of nitrogens with zero attached hydrogens (tertiary/aromatic N) is 7. The predicted octanol–water partition coefficient (Wildman–Crippen LogP) is 5.60. The zero-order valence-electron chi connectivity index (χ0n) is 20.8. The van der Waals surface area contributed by atoms with Gasteiger partial charge in [0, 0.05) is 26.3 Å². The molecule has 1 aliphatic heterocycles. The van der Waals surface area contributed by atoms with Gasteiger partial charge >= 0.3 is 0 Å². The van der Waals surface area contributed by atoms with Crippen molar-refractivity contribution in [2.75, 3.05) is 18.0 Å². The molecule has 0 bridgehead atoms. The van der Waals surface area contributed by atoms with E-state index in [-0.39, 0.29) is 6.04 Å². The average molecular weight is 472 g/mol. The van der Waals surface area contributed by atoms with Gasteiger partial charge in [-0.2, -0.15) is 5.10 Å². The van der Waals surface area contributed by atoms with Crippen LogP contribution in [0.4, 0.5) is 5.69 Å². The molecule has 1 saturated heterocycles. The molecule has 1 saturated carbocycles. The molecule has 4 aromatic heterocycles. The highest BCUT2D eigenvalue weighted by molar-refractivity contribution is 5.62. The summed E-state index contributed by atoms with van der Waals surface area (Å²) in [6.07, 6.45) is 11.9. The van der Waals surface area contributed by atoms with Gasteiger partial charge in [-0.1, -0.05) is 20.3 Å². The summed E-state index contributed by atoms with van der Waals surface area (Å²) < 4.78 is 10.2. The van der Waals surface area contributed by atoms with Crippen molar-refractivity contribution in [1.82, 2.24) is 29.5 Å². The number of anilines is 1. The van der Waals surface area contributed by atoms with E-state index in [0.29, 0.717) is 17.7 Å². The van der Waals surface area contributed by atoms with Gasteiger partial charge in [0.1, 0.15) is 11.5 Å². The first-order valence-corrected chi connectivity index (χ1v) is 12.8. The van der Waals surface area contributed by atoms with E-state index in [2.05, 4.69) is 34.6 Å². The molecule has 2 fully saturated rings. The Balaban J connectivity index is 1.39. The summed E-state index contributed by atoms with van der Waals surface area (Å²) in [6.45, 7) is 6.87. The topological polar surface area (TPSA) is 77.8 Å². The van der Waals surface area contributed by atoms with Crippen molar-refractivity contribution < 1.29 is 4.42 Å².